The Hall–Kier alpha value is -3.81. The van der Waals surface area contributed by atoms with Crippen molar-refractivity contribution in [2.75, 3.05) is 6.26 Å². The van der Waals surface area contributed by atoms with Crippen LogP contribution < -0.4 is 0 Å². The van der Waals surface area contributed by atoms with Crippen molar-refractivity contribution in [3.63, 3.8) is 0 Å². The highest BCUT2D eigenvalue weighted by molar-refractivity contribution is 7.86. The van der Waals surface area contributed by atoms with Crippen LogP contribution in [0.1, 0.15) is 54.8 Å². The van der Waals surface area contributed by atoms with Gasteiger partial charge in [0.1, 0.15) is 0 Å². The van der Waals surface area contributed by atoms with E-state index in [1.165, 1.54) is 0 Å². The molecule has 0 unspecified atom stereocenters. The van der Waals surface area contributed by atoms with E-state index in [2.05, 4.69) is 66.1 Å². The van der Waals surface area contributed by atoms with Crippen LogP contribution in [0.3, 0.4) is 0 Å². The molecule has 0 saturated carbocycles. The number of nitrogens with zero attached hydrogens (tertiary/aromatic N) is 2. The zero-order chi connectivity index (χ0) is 28.9. The number of rotatable bonds is 9. The molecule has 212 valence electrons. The molecule has 0 fully saturated rings. The first-order valence-electron chi connectivity index (χ1n) is 14.4. The number of H-pyrrole nitrogens is 1. The Labute approximate surface area is 241 Å². The summed E-state index contributed by atoms with van der Waals surface area (Å²) in [4.78, 5) is 3.43. The molecule has 3 aromatic heterocycles. The van der Waals surface area contributed by atoms with Crippen molar-refractivity contribution in [3.8, 4) is 0 Å². The third kappa shape index (κ3) is 4.21. The number of nitrogens with one attached hydrogen (secondary N) is 1. The first-order chi connectivity index (χ1) is 19.7. The number of benzene rings is 3. The Morgan fingerprint density at radius 2 is 1.20 bits per heavy atom. The average Bonchev–Trinajstić information content (AvgIpc) is 3.59. The van der Waals surface area contributed by atoms with Crippen LogP contribution in [-0.4, -0.2) is 28.8 Å². The number of aromatic amines is 1. The molecule has 0 bridgehead atoms. The monoisotopic (exact) mass is 567 g/mol. The van der Waals surface area contributed by atoms with Gasteiger partial charge in [-0.25, -0.2) is 4.18 Å². The SMILES string of the molecule is CCCn1c(C)c(C(OS(C)(=O)=O)(c2c[nH]c3ccccc23)c2c(C)n(CCC)c3ccccc23)c2ccccc21. The fraction of sp³-hybridized carbons (Fsp3) is 0.294. The molecule has 0 aliphatic heterocycles. The van der Waals surface area contributed by atoms with E-state index in [-0.39, 0.29) is 0 Å². The van der Waals surface area contributed by atoms with Gasteiger partial charge in [-0.1, -0.05) is 68.4 Å². The van der Waals surface area contributed by atoms with Crippen molar-refractivity contribution in [2.45, 2.75) is 59.2 Å². The van der Waals surface area contributed by atoms with Crippen molar-refractivity contribution < 1.29 is 12.6 Å². The van der Waals surface area contributed by atoms with E-state index in [9.17, 15) is 8.42 Å². The molecule has 3 heterocycles. The largest absolute Gasteiger partial charge is 0.361 e. The molecule has 6 rings (SSSR count). The summed E-state index contributed by atoms with van der Waals surface area (Å²) >= 11 is 0. The summed E-state index contributed by atoms with van der Waals surface area (Å²) < 4.78 is 38.3. The lowest BCUT2D eigenvalue weighted by Crippen LogP contribution is -2.36. The van der Waals surface area contributed by atoms with Gasteiger partial charge >= 0.3 is 0 Å². The van der Waals surface area contributed by atoms with Gasteiger partial charge in [0.05, 0.1) is 6.26 Å². The zero-order valence-electron chi connectivity index (χ0n) is 24.4. The quantitative estimate of drug-likeness (QED) is 0.181. The van der Waals surface area contributed by atoms with Crippen LogP contribution in [0.2, 0.25) is 0 Å². The third-order valence-electron chi connectivity index (χ3n) is 8.31. The lowest BCUT2D eigenvalue weighted by atomic mass is 9.77. The first-order valence-corrected chi connectivity index (χ1v) is 16.2. The summed E-state index contributed by atoms with van der Waals surface area (Å²) in [7, 11) is -3.98. The first kappa shape index (κ1) is 27.4. The summed E-state index contributed by atoms with van der Waals surface area (Å²) in [5, 5.41) is 2.90. The lowest BCUT2D eigenvalue weighted by Gasteiger charge is -2.35. The molecule has 0 radical (unpaired) electrons. The summed E-state index contributed by atoms with van der Waals surface area (Å²) in [6.45, 7) is 10.1. The molecule has 6 nitrogen and oxygen atoms in total. The average molecular weight is 568 g/mol. The van der Waals surface area contributed by atoms with Gasteiger partial charge in [-0.05, 0) is 44.9 Å². The Morgan fingerprint density at radius 3 is 1.68 bits per heavy atom. The Balaban J connectivity index is 1.91. The molecule has 6 aromatic rings. The molecule has 7 heteroatoms. The molecule has 41 heavy (non-hydrogen) atoms. The zero-order valence-corrected chi connectivity index (χ0v) is 25.2. The van der Waals surface area contributed by atoms with Crippen LogP contribution in [0.15, 0.2) is 79.0 Å². The van der Waals surface area contributed by atoms with Crippen molar-refractivity contribution in [1.29, 1.82) is 0 Å². The van der Waals surface area contributed by atoms with Crippen LogP contribution >= 0.6 is 0 Å². The highest BCUT2D eigenvalue weighted by Gasteiger charge is 2.49. The minimum atomic E-state index is -3.98. The van der Waals surface area contributed by atoms with E-state index in [4.69, 9.17) is 4.18 Å². The summed E-state index contributed by atoms with van der Waals surface area (Å²) in [5.74, 6) is 0. The molecular weight excluding hydrogens is 530 g/mol. The normalized spacial score (nSPS) is 12.7. The standard InChI is InChI=1S/C34H37N3O3S/c1-6-20-36-23(3)32(26-15-9-12-18-30(26)36)34(40-41(5,38)39,28-22-35-29-17-11-8-14-25(28)29)33-24(4)37(21-7-2)31-19-13-10-16-27(31)33/h8-19,22,35H,6-7,20-21H2,1-5H3. The van der Waals surface area contributed by atoms with E-state index in [1.54, 1.807) is 0 Å². The number of fused-ring (bicyclic) bond motifs is 3. The van der Waals surface area contributed by atoms with Gasteiger partial charge in [-0.2, -0.15) is 8.42 Å². The molecular formula is C34H37N3O3S. The minimum Gasteiger partial charge on any atom is -0.361 e. The highest BCUT2D eigenvalue weighted by Crippen LogP contribution is 2.52. The molecule has 0 atom stereocenters. The molecule has 0 saturated heterocycles. The predicted molar refractivity (Wildman–Crippen MR) is 168 cm³/mol. The molecule has 0 amide bonds. The van der Waals surface area contributed by atoms with E-state index in [0.29, 0.717) is 0 Å². The van der Waals surface area contributed by atoms with Crippen LogP contribution in [0.25, 0.3) is 32.7 Å². The minimum absolute atomic E-state index is 0.781. The summed E-state index contributed by atoms with van der Waals surface area (Å²) in [6, 6.07) is 24.6. The van der Waals surface area contributed by atoms with Crippen LogP contribution in [0.5, 0.6) is 0 Å². The van der Waals surface area contributed by atoms with Crippen molar-refractivity contribution in [2.24, 2.45) is 0 Å². The van der Waals surface area contributed by atoms with Gasteiger partial charge in [0, 0.05) is 80.1 Å². The Morgan fingerprint density at radius 1 is 0.732 bits per heavy atom. The molecule has 3 aromatic carbocycles. The number of aryl methyl sites for hydroxylation is 2. The van der Waals surface area contributed by atoms with Gasteiger partial charge < -0.3 is 14.1 Å². The van der Waals surface area contributed by atoms with Crippen molar-refractivity contribution >= 4 is 42.8 Å². The van der Waals surface area contributed by atoms with Crippen LogP contribution in [0.4, 0.5) is 0 Å². The van der Waals surface area contributed by atoms with Gasteiger partial charge in [-0.15, -0.1) is 0 Å². The van der Waals surface area contributed by atoms with E-state index >= 15 is 0 Å². The lowest BCUT2D eigenvalue weighted by molar-refractivity contribution is 0.168. The van der Waals surface area contributed by atoms with Gasteiger partial charge in [-0.3, -0.25) is 0 Å². The fourth-order valence-electron chi connectivity index (χ4n) is 6.89. The maximum atomic E-state index is 13.5. The van der Waals surface area contributed by atoms with Crippen LogP contribution in [-0.2, 0) is 33.0 Å². The Kier molecular flexibility index (Phi) is 6.83. The molecule has 0 aliphatic rings. The van der Waals surface area contributed by atoms with Gasteiger partial charge in [0.2, 0.25) is 0 Å². The van der Waals surface area contributed by atoms with Crippen LogP contribution in [0, 0.1) is 13.8 Å². The summed E-state index contributed by atoms with van der Waals surface area (Å²) in [6.07, 6.45) is 4.99. The topological polar surface area (TPSA) is 69.0 Å². The molecule has 0 spiro atoms. The second kappa shape index (κ2) is 10.2. The predicted octanol–water partition coefficient (Wildman–Crippen LogP) is 7.78. The third-order valence-corrected chi connectivity index (χ3v) is 8.86. The number of hydrogen-bond donors (Lipinski definition) is 1. The molecule has 0 aliphatic carbocycles. The summed E-state index contributed by atoms with van der Waals surface area (Å²) in [5.41, 5.74) is 6.09. The van der Waals surface area contributed by atoms with E-state index in [1.807, 2.05) is 54.7 Å². The molecule has 1 N–H and O–H groups in total. The second-order valence-electron chi connectivity index (χ2n) is 11.0. The fourth-order valence-corrected chi connectivity index (χ4v) is 7.60. The maximum Gasteiger partial charge on any atom is 0.265 e. The smallest absolute Gasteiger partial charge is 0.265 e. The van der Waals surface area contributed by atoms with Gasteiger partial charge in [0.25, 0.3) is 10.1 Å². The number of para-hydroxylation sites is 3. The van der Waals surface area contributed by atoms with Crippen molar-refractivity contribution in [1.82, 2.24) is 14.1 Å². The number of aromatic nitrogens is 3. The Bertz CT molecular complexity index is 1920. The van der Waals surface area contributed by atoms with Crippen molar-refractivity contribution in [3.05, 3.63) is 107 Å². The number of hydrogen-bond acceptors (Lipinski definition) is 3. The highest BCUT2D eigenvalue weighted by atomic mass is 32.2. The maximum absolute atomic E-state index is 13.5. The second-order valence-corrected chi connectivity index (χ2v) is 12.5. The van der Waals surface area contributed by atoms with E-state index in [0.717, 1.165) is 93.0 Å². The van der Waals surface area contributed by atoms with E-state index < -0.39 is 15.7 Å². The van der Waals surface area contributed by atoms with Gasteiger partial charge in [0.15, 0.2) is 5.60 Å².